The number of hydrogen-bond acceptors (Lipinski definition) is 9. The molecule has 2 aliphatic heterocycles. The van der Waals surface area contributed by atoms with Crippen molar-refractivity contribution in [2.24, 2.45) is 0 Å². The van der Waals surface area contributed by atoms with Gasteiger partial charge in [-0.05, 0) is 85.0 Å². The lowest BCUT2D eigenvalue weighted by molar-refractivity contribution is -0.141. The Bertz CT molecular complexity index is 2090. The van der Waals surface area contributed by atoms with Crippen LogP contribution < -0.4 is 25.0 Å². The number of aliphatic carboxylic acids is 2. The highest BCUT2D eigenvalue weighted by Gasteiger charge is 2.40. The van der Waals surface area contributed by atoms with Crippen LogP contribution in [-0.4, -0.2) is 60.8 Å². The van der Waals surface area contributed by atoms with E-state index in [0.29, 0.717) is 22.6 Å². The smallest absolute Gasteiger partial charge is 0.327 e. The molecule has 2 aliphatic rings. The highest BCUT2D eigenvalue weighted by molar-refractivity contribution is 7.97. The zero-order chi connectivity index (χ0) is 37.7. The first-order chi connectivity index (χ1) is 25.4. The van der Waals surface area contributed by atoms with Crippen LogP contribution in [0.1, 0.15) is 42.0 Å². The summed E-state index contributed by atoms with van der Waals surface area (Å²) >= 11 is 7.85. The first-order valence-electron chi connectivity index (χ1n) is 17.2. The number of nitrogens with one attached hydrogen (secondary N) is 4. The van der Waals surface area contributed by atoms with Gasteiger partial charge < -0.3 is 15.5 Å². The summed E-state index contributed by atoms with van der Waals surface area (Å²) in [7, 11) is -3.96. The van der Waals surface area contributed by atoms with Crippen molar-refractivity contribution in [2.45, 2.75) is 79.7 Å². The Hall–Kier alpha value is -4.44. The number of carbonyl (C=O) groups excluding carboxylic acids is 1. The van der Waals surface area contributed by atoms with Crippen molar-refractivity contribution in [3.63, 3.8) is 0 Å². The molecule has 2 heterocycles. The molecule has 6 rings (SSSR count). The predicted octanol–water partition coefficient (Wildman–Crippen LogP) is 5.21. The van der Waals surface area contributed by atoms with E-state index >= 15 is 0 Å². The first kappa shape index (κ1) is 38.3. The van der Waals surface area contributed by atoms with Crippen molar-refractivity contribution in [3.8, 4) is 0 Å². The number of rotatable bonds is 15. The first-order valence-corrected chi connectivity index (χ1v) is 19.8. The normalized spacial score (nSPS) is 17.7. The Balaban J connectivity index is 1.01. The number of amides is 1. The number of carboxylic acid groups (broad SMARTS) is 2. The van der Waals surface area contributed by atoms with Gasteiger partial charge in [0, 0.05) is 23.5 Å². The van der Waals surface area contributed by atoms with Crippen molar-refractivity contribution in [3.05, 3.63) is 118 Å². The van der Waals surface area contributed by atoms with Crippen LogP contribution >= 0.6 is 23.5 Å². The van der Waals surface area contributed by atoms with Gasteiger partial charge in [-0.3, -0.25) is 19.8 Å². The predicted molar refractivity (Wildman–Crippen MR) is 204 cm³/mol. The van der Waals surface area contributed by atoms with Gasteiger partial charge in [0.25, 0.3) is 0 Å². The van der Waals surface area contributed by atoms with Crippen LogP contribution in [0.5, 0.6) is 0 Å². The van der Waals surface area contributed by atoms with Crippen LogP contribution in [0.25, 0.3) is 0 Å². The molecule has 1 unspecified atom stereocenters. The van der Waals surface area contributed by atoms with Gasteiger partial charge in [0.05, 0.1) is 22.9 Å². The third-order valence-electron chi connectivity index (χ3n) is 9.36. The molecule has 278 valence electrons. The summed E-state index contributed by atoms with van der Waals surface area (Å²) in [5, 5.41) is 26.1. The van der Waals surface area contributed by atoms with E-state index in [4.69, 9.17) is 11.6 Å². The minimum Gasteiger partial charge on any atom is -0.480 e. The third-order valence-corrected chi connectivity index (χ3v) is 12.2. The van der Waals surface area contributed by atoms with E-state index in [1.54, 1.807) is 60.7 Å². The van der Waals surface area contributed by atoms with Crippen molar-refractivity contribution >= 4 is 62.8 Å². The molecule has 6 N–H and O–H groups in total. The molecule has 4 aromatic carbocycles. The average Bonchev–Trinajstić information content (AvgIpc) is 3.55. The Kier molecular flexibility index (Phi) is 12.1. The average molecular weight is 778 g/mol. The Morgan fingerprint density at radius 1 is 0.943 bits per heavy atom. The number of carbonyl (C=O) groups is 3. The molecule has 0 fully saturated rings. The van der Waals surface area contributed by atoms with Crippen molar-refractivity contribution in [2.75, 3.05) is 10.2 Å². The van der Waals surface area contributed by atoms with E-state index in [1.807, 2.05) is 18.2 Å². The number of hydrogen-bond donors (Lipinski definition) is 6. The highest BCUT2D eigenvalue weighted by Crippen LogP contribution is 2.37. The van der Waals surface area contributed by atoms with Gasteiger partial charge >= 0.3 is 11.9 Å². The van der Waals surface area contributed by atoms with E-state index in [-0.39, 0.29) is 35.5 Å². The number of halogens is 1. The topological polar surface area (TPSA) is 177 Å². The molecule has 1 amide bonds. The summed E-state index contributed by atoms with van der Waals surface area (Å²) in [6.07, 6.45) is 2.39. The SMILES string of the molecule is C[C@H](N[C@@H](CCc1ccc(CNS(=O)(=O)c2cc3c(cc2Cl)NC(CCc2ccccc2)NS3)cc1)C(=O)O)C(=O)N1c2ccccc2C[C@H]1C(=O)O. The molecule has 4 aromatic rings. The third kappa shape index (κ3) is 9.21. The molecule has 53 heavy (non-hydrogen) atoms. The van der Waals surface area contributed by atoms with Crippen LogP contribution in [-0.2, 0) is 50.2 Å². The minimum atomic E-state index is -3.96. The molecule has 0 aromatic heterocycles. The Morgan fingerprint density at radius 2 is 1.62 bits per heavy atom. The standard InChI is InChI=1S/C38H40ClN5O7S2/c1-23(36(45)44-31-10-6-5-9-27(31)19-32(44)38(48)49)41-29(37(46)47)17-15-25-11-13-26(14-12-25)22-40-53(50,51)34-21-33-30(20-28(34)39)42-35(43-52-33)18-16-24-7-3-2-4-8-24/h2-14,20-21,23,29,32,35,40-43H,15-19,22H2,1H3,(H,46,47)(H,48,49)/t23-,29-,32-,35?/m0/s1. The number of para-hydroxylation sites is 1. The van der Waals surface area contributed by atoms with Crippen molar-refractivity contribution in [1.82, 2.24) is 14.8 Å². The van der Waals surface area contributed by atoms with Gasteiger partial charge in [-0.1, -0.05) is 84.4 Å². The van der Waals surface area contributed by atoms with Crippen LogP contribution in [0.4, 0.5) is 11.4 Å². The number of benzene rings is 4. The molecular weight excluding hydrogens is 738 g/mol. The van der Waals surface area contributed by atoms with Gasteiger partial charge in [-0.25, -0.2) is 22.7 Å². The van der Waals surface area contributed by atoms with Gasteiger partial charge in [0.2, 0.25) is 15.9 Å². The Morgan fingerprint density at radius 3 is 2.34 bits per heavy atom. The molecule has 0 radical (unpaired) electrons. The van der Waals surface area contributed by atoms with Crippen LogP contribution in [0.3, 0.4) is 0 Å². The summed E-state index contributed by atoms with van der Waals surface area (Å²) in [4.78, 5) is 39.4. The second-order valence-electron chi connectivity index (χ2n) is 13.1. The van der Waals surface area contributed by atoms with Gasteiger partial charge in [-0.15, -0.1) is 0 Å². The van der Waals surface area contributed by atoms with Crippen molar-refractivity contribution in [1.29, 1.82) is 0 Å². The van der Waals surface area contributed by atoms with Gasteiger partial charge in [0.1, 0.15) is 17.0 Å². The number of anilines is 2. The molecular formula is C38H40ClN5O7S2. The number of carboxylic acids is 2. The summed E-state index contributed by atoms with van der Waals surface area (Å²) in [5.41, 5.74) is 4.76. The summed E-state index contributed by atoms with van der Waals surface area (Å²) in [5.74, 6) is -2.79. The molecule has 0 spiro atoms. The molecule has 0 saturated carbocycles. The van der Waals surface area contributed by atoms with Crippen LogP contribution in [0, 0.1) is 0 Å². The van der Waals surface area contributed by atoms with E-state index in [0.717, 1.165) is 29.7 Å². The number of fused-ring (bicyclic) bond motifs is 2. The summed E-state index contributed by atoms with van der Waals surface area (Å²) < 4.78 is 32.6. The van der Waals surface area contributed by atoms with E-state index in [9.17, 15) is 33.0 Å². The fourth-order valence-electron chi connectivity index (χ4n) is 6.48. The molecule has 12 nitrogen and oxygen atoms in total. The second-order valence-corrected chi connectivity index (χ2v) is 16.1. The fraction of sp³-hybridized carbons (Fsp3) is 0.289. The number of nitrogens with zero attached hydrogens (tertiary/aromatic N) is 1. The van der Waals surface area contributed by atoms with Gasteiger partial charge in [-0.2, -0.15) is 0 Å². The molecule has 0 saturated heterocycles. The van der Waals surface area contributed by atoms with Crippen molar-refractivity contribution < 1.29 is 33.0 Å². The number of sulfonamides is 1. The largest absolute Gasteiger partial charge is 0.480 e. The van der Waals surface area contributed by atoms with Crippen LogP contribution in [0.15, 0.2) is 101 Å². The lowest BCUT2D eigenvalue weighted by Gasteiger charge is -2.28. The second kappa shape index (κ2) is 16.7. The Labute approximate surface area is 317 Å². The maximum atomic E-state index is 13.4. The van der Waals surface area contributed by atoms with E-state index in [1.165, 1.54) is 29.3 Å². The number of aryl methyl sites for hydroxylation is 2. The molecule has 0 aliphatic carbocycles. The minimum absolute atomic E-state index is 0.0110. The van der Waals surface area contributed by atoms with E-state index < -0.39 is 46.0 Å². The van der Waals surface area contributed by atoms with Crippen LogP contribution in [0.2, 0.25) is 5.02 Å². The maximum absolute atomic E-state index is 13.4. The molecule has 0 bridgehead atoms. The monoisotopic (exact) mass is 777 g/mol. The lowest BCUT2D eigenvalue weighted by Crippen LogP contribution is -2.54. The quantitative estimate of drug-likeness (QED) is 0.0875. The summed E-state index contributed by atoms with van der Waals surface area (Å²) in [6.45, 7) is 1.54. The fourth-order valence-corrected chi connectivity index (χ4v) is 8.98. The zero-order valence-electron chi connectivity index (χ0n) is 28.8. The zero-order valence-corrected chi connectivity index (χ0v) is 31.2. The highest BCUT2D eigenvalue weighted by atomic mass is 35.5. The maximum Gasteiger partial charge on any atom is 0.327 e. The van der Waals surface area contributed by atoms with Gasteiger partial charge in [0.15, 0.2) is 0 Å². The molecule has 4 atom stereocenters. The summed E-state index contributed by atoms with van der Waals surface area (Å²) in [6, 6.07) is 24.3. The molecule has 15 heteroatoms. The lowest BCUT2D eigenvalue weighted by atomic mass is 10.0. The van der Waals surface area contributed by atoms with E-state index in [2.05, 4.69) is 32.2 Å².